The number of aromatic nitrogens is 2. The molecular weight excluding hydrogens is 170 g/mol. The van der Waals surface area contributed by atoms with Crippen LogP contribution in [0.15, 0.2) is 12.5 Å². The number of carbonyl (C=O) groups excluding carboxylic acids is 2. The lowest BCUT2D eigenvalue weighted by Gasteiger charge is -1.95. The standard InChI is InChI=1S/C5H8B2N4O2/c6-7-11-1-3(9-2-11)4(12)10-5(8)13/h1-2,7H,6H2,(H3,8,10,12,13). The summed E-state index contributed by atoms with van der Waals surface area (Å²) in [6.45, 7) is 0. The summed E-state index contributed by atoms with van der Waals surface area (Å²) in [5.74, 6) is -0.584. The number of imidazole rings is 1. The van der Waals surface area contributed by atoms with Crippen LogP contribution in [0.1, 0.15) is 10.5 Å². The quantitative estimate of drug-likeness (QED) is 0.487. The Kier molecular flexibility index (Phi) is 2.73. The molecule has 0 radical (unpaired) electrons. The van der Waals surface area contributed by atoms with Gasteiger partial charge in [-0.05, 0) is 0 Å². The summed E-state index contributed by atoms with van der Waals surface area (Å²) in [6, 6.07) is -0.879. The van der Waals surface area contributed by atoms with Crippen LogP contribution in [0.3, 0.4) is 0 Å². The Bertz CT molecular complexity index is 337. The predicted molar refractivity (Wildman–Crippen MR) is 50.4 cm³/mol. The normalized spacial score (nSPS) is 9.23. The molecule has 0 spiro atoms. The van der Waals surface area contributed by atoms with Crippen LogP contribution in [0.2, 0.25) is 0 Å². The van der Waals surface area contributed by atoms with Crippen molar-refractivity contribution in [3.8, 4) is 0 Å². The average molecular weight is 178 g/mol. The van der Waals surface area contributed by atoms with Crippen molar-refractivity contribution < 1.29 is 9.59 Å². The van der Waals surface area contributed by atoms with E-state index in [9.17, 15) is 9.59 Å². The maximum absolute atomic E-state index is 11.1. The van der Waals surface area contributed by atoms with Gasteiger partial charge in [-0.1, -0.05) is 0 Å². The lowest BCUT2D eigenvalue weighted by Crippen LogP contribution is -2.35. The molecule has 8 heteroatoms. The number of nitrogens with zero attached hydrogens (tertiary/aromatic N) is 2. The van der Waals surface area contributed by atoms with Crippen molar-refractivity contribution in [1.29, 1.82) is 0 Å². The monoisotopic (exact) mass is 178 g/mol. The Balaban J connectivity index is 2.71. The zero-order valence-corrected chi connectivity index (χ0v) is 7.15. The van der Waals surface area contributed by atoms with Gasteiger partial charge in [-0.15, -0.1) is 0 Å². The smallest absolute Gasteiger partial charge is 0.319 e. The summed E-state index contributed by atoms with van der Waals surface area (Å²) in [5, 5.41) is 1.92. The number of hydrogen-bond donors (Lipinski definition) is 2. The van der Waals surface area contributed by atoms with Gasteiger partial charge < -0.3 is 10.2 Å². The van der Waals surface area contributed by atoms with Gasteiger partial charge in [0.05, 0.1) is 14.1 Å². The first-order chi connectivity index (χ1) is 6.13. The number of imide groups is 1. The molecule has 0 atom stereocenters. The molecular formula is C5H8B2N4O2. The molecule has 6 nitrogen and oxygen atoms in total. The van der Waals surface area contributed by atoms with Crippen molar-refractivity contribution in [1.82, 2.24) is 14.8 Å². The maximum Gasteiger partial charge on any atom is 0.319 e. The number of rotatable bonds is 2. The van der Waals surface area contributed by atoms with Crippen molar-refractivity contribution in [3.63, 3.8) is 0 Å². The molecule has 0 aromatic carbocycles. The first kappa shape index (κ1) is 9.37. The van der Waals surface area contributed by atoms with E-state index in [-0.39, 0.29) is 5.69 Å². The first-order valence-corrected chi connectivity index (χ1v) is 3.76. The number of urea groups is 1. The highest BCUT2D eigenvalue weighted by Gasteiger charge is 2.09. The van der Waals surface area contributed by atoms with Crippen molar-refractivity contribution >= 4 is 27.0 Å². The minimum Gasteiger partial charge on any atom is -0.393 e. The number of amides is 3. The molecule has 3 N–H and O–H groups in total. The molecule has 0 fully saturated rings. The number of hydrogen-bond acceptors (Lipinski definition) is 3. The Morgan fingerprint density at radius 3 is 2.85 bits per heavy atom. The van der Waals surface area contributed by atoms with Gasteiger partial charge in [-0.3, -0.25) is 10.1 Å². The summed E-state index contributed by atoms with van der Waals surface area (Å²) in [4.78, 5) is 25.2. The Labute approximate surface area is 76.2 Å². The molecule has 0 saturated heterocycles. The second-order valence-electron chi connectivity index (χ2n) is 2.41. The molecule has 3 amide bonds. The van der Waals surface area contributed by atoms with E-state index in [1.165, 1.54) is 12.5 Å². The number of primary amides is 1. The number of carbonyl (C=O) groups is 2. The summed E-state index contributed by atoms with van der Waals surface area (Å²) < 4.78 is 1.72. The van der Waals surface area contributed by atoms with Crippen molar-refractivity contribution in [2.24, 2.45) is 5.73 Å². The minimum atomic E-state index is -0.879. The number of nitrogens with two attached hydrogens (primary N) is 1. The van der Waals surface area contributed by atoms with E-state index in [2.05, 4.69) is 4.98 Å². The molecule has 1 heterocycles. The molecule has 1 aromatic rings. The van der Waals surface area contributed by atoms with Crippen molar-refractivity contribution in [2.45, 2.75) is 0 Å². The minimum absolute atomic E-state index is 0.181. The summed E-state index contributed by atoms with van der Waals surface area (Å²) in [7, 11) is 2.63. The van der Waals surface area contributed by atoms with Gasteiger partial charge in [0, 0.05) is 6.20 Å². The third-order valence-corrected chi connectivity index (χ3v) is 1.47. The summed E-state index contributed by atoms with van der Waals surface area (Å²) in [5.41, 5.74) is 4.95. The highest BCUT2D eigenvalue weighted by atomic mass is 16.2. The Hall–Kier alpha value is -1.72. The van der Waals surface area contributed by atoms with Gasteiger partial charge in [0.2, 0.25) is 0 Å². The molecule has 0 aliphatic carbocycles. The van der Waals surface area contributed by atoms with Crippen LogP contribution in [0.5, 0.6) is 0 Å². The highest BCUT2D eigenvalue weighted by Crippen LogP contribution is 1.93. The SMILES string of the molecule is BBn1cnc(C(=O)NC(N)=O)c1. The van der Waals surface area contributed by atoms with Crippen molar-refractivity contribution in [2.75, 3.05) is 0 Å². The Morgan fingerprint density at radius 2 is 2.38 bits per heavy atom. The van der Waals surface area contributed by atoms with Crippen LogP contribution in [0.25, 0.3) is 0 Å². The average Bonchev–Trinajstić information content (AvgIpc) is 2.50. The van der Waals surface area contributed by atoms with E-state index in [0.717, 1.165) is 7.31 Å². The fourth-order valence-electron chi connectivity index (χ4n) is 0.826. The van der Waals surface area contributed by atoms with Gasteiger partial charge in [-0.2, -0.15) is 0 Å². The van der Waals surface area contributed by atoms with E-state index in [1.807, 2.05) is 13.1 Å². The van der Waals surface area contributed by atoms with Crippen LogP contribution in [-0.4, -0.2) is 36.4 Å². The highest BCUT2D eigenvalue weighted by molar-refractivity contribution is 6.88. The molecule has 0 aliphatic heterocycles. The predicted octanol–water partition coefficient (Wildman–Crippen LogP) is -2.56. The lowest BCUT2D eigenvalue weighted by molar-refractivity contribution is 0.0962. The van der Waals surface area contributed by atoms with Gasteiger partial charge in [0.25, 0.3) is 5.91 Å². The van der Waals surface area contributed by atoms with Crippen LogP contribution in [0, 0.1) is 0 Å². The summed E-state index contributed by atoms with van der Waals surface area (Å²) >= 11 is 0. The van der Waals surface area contributed by atoms with Crippen molar-refractivity contribution in [3.05, 3.63) is 18.2 Å². The van der Waals surface area contributed by atoms with E-state index >= 15 is 0 Å². The molecule has 66 valence electrons. The third kappa shape index (κ3) is 2.36. The van der Waals surface area contributed by atoms with Gasteiger partial charge in [0.1, 0.15) is 5.69 Å². The first-order valence-electron chi connectivity index (χ1n) is 3.76. The molecule has 0 saturated carbocycles. The fourth-order valence-corrected chi connectivity index (χ4v) is 0.826. The zero-order chi connectivity index (χ0) is 9.84. The van der Waals surface area contributed by atoms with E-state index in [4.69, 9.17) is 5.73 Å². The van der Waals surface area contributed by atoms with Gasteiger partial charge in [0.15, 0.2) is 7.31 Å². The third-order valence-electron chi connectivity index (χ3n) is 1.47. The van der Waals surface area contributed by atoms with Crippen LogP contribution in [-0.2, 0) is 0 Å². The molecule has 0 unspecified atom stereocenters. The second kappa shape index (κ2) is 3.79. The Morgan fingerprint density at radius 1 is 1.69 bits per heavy atom. The van der Waals surface area contributed by atoms with Gasteiger partial charge in [-0.25, -0.2) is 9.78 Å². The van der Waals surface area contributed by atoms with Crippen LogP contribution < -0.4 is 11.1 Å². The maximum atomic E-state index is 11.1. The van der Waals surface area contributed by atoms with E-state index in [0.29, 0.717) is 0 Å². The van der Waals surface area contributed by atoms with Crippen LogP contribution in [0.4, 0.5) is 4.79 Å². The molecule has 13 heavy (non-hydrogen) atoms. The molecule has 0 bridgehead atoms. The van der Waals surface area contributed by atoms with Crippen LogP contribution >= 0.6 is 0 Å². The zero-order valence-electron chi connectivity index (χ0n) is 7.15. The van der Waals surface area contributed by atoms with E-state index < -0.39 is 11.9 Å². The second-order valence-corrected chi connectivity index (χ2v) is 2.41. The van der Waals surface area contributed by atoms with E-state index in [1.54, 1.807) is 4.48 Å². The molecule has 0 aliphatic rings. The number of nitrogens with one attached hydrogen (secondary N) is 1. The lowest BCUT2D eigenvalue weighted by atomic mass is 9.67. The summed E-state index contributed by atoms with van der Waals surface area (Å²) in [6.07, 6.45) is 3.05. The van der Waals surface area contributed by atoms with Gasteiger partial charge >= 0.3 is 6.03 Å². The largest absolute Gasteiger partial charge is 0.393 e. The fraction of sp³-hybridized carbons (Fsp3) is 0. The molecule has 1 aromatic heterocycles. The molecule has 1 rings (SSSR count). The topological polar surface area (TPSA) is 90.0 Å².